The SMILES string of the molecule is C1=CC2Oc3cc(-c4ccc5ccccc5c4)cc(-c4nc(-c5ccc(-c6ccccc6)cc5)nc(-c5ccc6c(ccc7c8ccccc8ccc67)c5)n4)c3C2C=C1. The molecule has 0 spiro atoms. The van der Waals surface area contributed by atoms with Crippen molar-refractivity contribution in [3.05, 3.63) is 206 Å². The van der Waals surface area contributed by atoms with Gasteiger partial charge < -0.3 is 4.74 Å². The Morgan fingerprint density at radius 1 is 0.356 bits per heavy atom. The minimum absolute atomic E-state index is 0.0366. The van der Waals surface area contributed by atoms with E-state index in [2.05, 4.69) is 194 Å². The lowest BCUT2D eigenvalue weighted by Crippen LogP contribution is -2.16. The maximum absolute atomic E-state index is 6.71. The third-order valence-corrected chi connectivity index (χ3v) is 12.0. The minimum Gasteiger partial charge on any atom is -0.485 e. The molecule has 0 radical (unpaired) electrons. The van der Waals surface area contributed by atoms with Gasteiger partial charge in [0.1, 0.15) is 11.9 Å². The molecule has 2 unspecified atom stereocenters. The van der Waals surface area contributed by atoms with Crippen LogP contribution in [0.5, 0.6) is 5.75 Å². The normalized spacial score (nSPS) is 15.5. The molecule has 1 aromatic heterocycles. The van der Waals surface area contributed by atoms with E-state index in [1.54, 1.807) is 0 Å². The number of aromatic nitrogens is 3. The Bertz CT molecular complexity index is 3370. The molecule has 2 heterocycles. The molecule has 4 nitrogen and oxygen atoms in total. The highest BCUT2D eigenvalue weighted by Gasteiger charge is 2.36. The van der Waals surface area contributed by atoms with Crippen molar-refractivity contribution in [3.8, 4) is 62.2 Å². The van der Waals surface area contributed by atoms with Crippen molar-refractivity contribution in [1.82, 2.24) is 15.0 Å². The van der Waals surface area contributed by atoms with Crippen LogP contribution in [0.4, 0.5) is 0 Å². The van der Waals surface area contributed by atoms with Crippen LogP contribution in [0.15, 0.2) is 200 Å². The molecular weight excluding hydrogens is 719 g/mol. The smallest absolute Gasteiger partial charge is 0.164 e. The second-order valence-electron chi connectivity index (χ2n) is 15.5. The van der Waals surface area contributed by atoms with Crippen molar-refractivity contribution in [2.24, 2.45) is 0 Å². The number of ether oxygens (including phenoxy) is 1. The van der Waals surface area contributed by atoms with E-state index in [0.29, 0.717) is 17.5 Å². The number of benzene rings is 9. The zero-order valence-electron chi connectivity index (χ0n) is 32.0. The van der Waals surface area contributed by atoms with Crippen LogP contribution in [0.1, 0.15) is 11.5 Å². The molecule has 0 amide bonds. The fraction of sp³-hybridized carbons (Fsp3) is 0.0364. The van der Waals surface area contributed by atoms with Gasteiger partial charge in [-0.05, 0) is 95.7 Å². The summed E-state index contributed by atoms with van der Waals surface area (Å²) in [6.45, 7) is 0. The van der Waals surface area contributed by atoms with E-state index in [9.17, 15) is 0 Å². The number of fused-ring (bicyclic) bond motifs is 9. The van der Waals surface area contributed by atoms with E-state index in [-0.39, 0.29) is 12.0 Å². The predicted octanol–water partition coefficient (Wildman–Crippen LogP) is 13.8. The molecule has 0 N–H and O–H groups in total. The van der Waals surface area contributed by atoms with Crippen molar-refractivity contribution < 1.29 is 4.74 Å². The van der Waals surface area contributed by atoms with Crippen molar-refractivity contribution >= 4 is 43.1 Å². The third-order valence-electron chi connectivity index (χ3n) is 12.0. The summed E-state index contributed by atoms with van der Waals surface area (Å²) in [4.78, 5) is 15.9. The molecule has 1 aliphatic carbocycles. The molecule has 0 saturated carbocycles. The fourth-order valence-corrected chi connectivity index (χ4v) is 9.06. The maximum atomic E-state index is 6.71. The second-order valence-corrected chi connectivity index (χ2v) is 15.5. The van der Waals surface area contributed by atoms with Crippen LogP contribution < -0.4 is 4.74 Å². The van der Waals surface area contributed by atoms with Crippen LogP contribution in [0.2, 0.25) is 0 Å². The van der Waals surface area contributed by atoms with Crippen molar-refractivity contribution in [2.45, 2.75) is 12.0 Å². The highest BCUT2D eigenvalue weighted by Crippen LogP contribution is 2.48. The lowest BCUT2D eigenvalue weighted by molar-refractivity contribution is 0.269. The number of rotatable bonds is 5. The lowest BCUT2D eigenvalue weighted by Gasteiger charge is -2.17. The number of hydrogen-bond donors (Lipinski definition) is 0. The van der Waals surface area contributed by atoms with Crippen molar-refractivity contribution in [3.63, 3.8) is 0 Å². The molecule has 276 valence electrons. The van der Waals surface area contributed by atoms with Crippen LogP contribution in [0.25, 0.3) is 99.5 Å². The molecule has 12 rings (SSSR count). The first-order valence-corrected chi connectivity index (χ1v) is 20.2. The van der Waals surface area contributed by atoms with Gasteiger partial charge in [0.25, 0.3) is 0 Å². The molecule has 0 fully saturated rings. The van der Waals surface area contributed by atoms with Crippen molar-refractivity contribution in [1.29, 1.82) is 0 Å². The third kappa shape index (κ3) is 5.72. The van der Waals surface area contributed by atoms with E-state index in [4.69, 9.17) is 19.7 Å². The van der Waals surface area contributed by atoms with E-state index in [0.717, 1.165) is 55.6 Å². The van der Waals surface area contributed by atoms with E-state index in [1.165, 1.54) is 37.7 Å². The van der Waals surface area contributed by atoms with Gasteiger partial charge in [-0.2, -0.15) is 0 Å². The molecule has 9 aromatic carbocycles. The average molecular weight is 754 g/mol. The van der Waals surface area contributed by atoms with Gasteiger partial charge in [-0.3, -0.25) is 0 Å². The van der Waals surface area contributed by atoms with Gasteiger partial charge in [-0.1, -0.05) is 170 Å². The molecule has 10 aromatic rings. The zero-order chi connectivity index (χ0) is 38.9. The topological polar surface area (TPSA) is 47.9 Å². The van der Waals surface area contributed by atoms with Gasteiger partial charge in [-0.25, -0.2) is 15.0 Å². The summed E-state index contributed by atoms with van der Waals surface area (Å²) in [5, 5.41) is 9.71. The summed E-state index contributed by atoms with van der Waals surface area (Å²) in [5.74, 6) is 2.76. The van der Waals surface area contributed by atoms with Crippen LogP contribution in [0.3, 0.4) is 0 Å². The van der Waals surface area contributed by atoms with E-state index >= 15 is 0 Å². The monoisotopic (exact) mass is 753 g/mol. The van der Waals surface area contributed by atoms with Gasteiger partial charge in [0.2, 0.25) is 0 Å². The summed E-state index contributed by atoms with van der Waals surface area (Å²) in [7, 11) is 0. The van der Waals surface area contributed by atoms with Gasteiger partial charge in [0.15, 0.2) is 17.5 Å². The summed E-state index contributed by atoms with van der Waals surface area (Å²) in [6.07, 6.45) is 8.46. The van der Waals surface area contributed by atoms with Gasteiger partial charge in [0, 0.05) is 28.2 Å². The Kier molecular flexibility index (Phi) is 7.63. The van der Waals surface area contributed by atoms with Gasteiger partial charge >= 0.3 is 0 Å². The summed E-state index contributed by atoms with van der Waals surface area (Å²) in [5.41, 5.74) is 8.36. The molecule has 1 aliphatic heterocycles. The maximum Gasteiger partial charge on any atom is 0.164 e. The molecule has 59 heavy (non-hydrogen) atoms. The molecule has 4 heteroatoms. The number of hydrogen-bond acceptors (Lipinski definition) is 4. The van der Waals surface area contributed by atoms with E-state index < -0.39 is 0 Å². The first kappa shape index (κ1) is 33.4. The summed E-state index contributed by atoms with van der Waals surface area (Å²) >= 11 is 0. The first-order chi connectivity index (χ1) is 29.2. The molecule has 2 aliphatic rings. The lowest BCUT2D eigenvalue weighted by atomic mass is 9.86. The number of nitrogens with zero attached hydrogens (tertiary/aromatic N) is 3. The fourth-order valence-electron chi connectivity index (χ4n) is 9.06. The second kappa shape index (κ2) is 13.5. The Morgan fingerprint density at radius 2 is 0.932 bits per heavy atom. The standard InChI is InChI=1S/C55H35N3O/c1-2-10-34(11-3-1)36-18-21-38(22-19-36)53-56-54(42-26-27-45-41(31-42)25-29-46-44-15-7-6-13-37(44)24-28-47(45)46)58-55(57-53)49-32-43(40-23-20-35-12-4-5-14-39(35)30-40)33-51-52(49)48-16-8-9-17-50(48)59-51/h1-33,48,50H. The number of allylic oxidation sites excluding steroid dienone is 2. The van der Waals surface area contributed by atoms with Gasteiger partial charge in [0.05, 0.1) is 0 Å². The van der Waals surface area contributed by atoms with Gasteiger partial charge in [-0.15, -0.1) is 0 Å². The van der Waals surface area contributed by atoms with Crippen LogP contribution >= 0.6 is 0 Å². The average Bonchev–Trinajstić information content (AvgIpc) is 3.69. The minimum atomic E-state index is -0.0978. The van der Waals surface area contributed by atoms with Crippen molar-refractivity contribution in [2.75, 3.05) is 0 Å². The predicted molar refractivity (Wildman–Crippen MR) is 242 cm³/mol. The Hall–Kier alpha value is -7.69. The zero-order valence-corrected chi connectivity index (χ0v) is 32.0. The molecule has 0 saturated heterocycles. The first-order valence-electron chi connectivity index (χ1n) is 20.2. The Balaban J connectivity index is 1.06. The van der Waals surface area contributed by atoms with Crippen LogP contribution in [-0.2, 0) is 0 Å². The molecule has 2 atom stereocenters. The Labute approximate surface area is 341 Å². The Morgan fingerprint density at radius 3 is 1.78 bits per heavy atom. The highest BCUT2D eigenvalue weighted by molar-refractivity contribution is 6.17. The molecular formula is C55H35N3O. The van der Waals surface area contributed by atoms with Crippen LogP contribution in [0, 0.1) is 0 Å². The van der Waals surface area contributed by atoms with E-state index in [1.807, 2.05) is 6.07 Å². The summed E-state index contributed by atoms with van der Waals surface area (Å²) in [6, 6.07) is 62.6. The largest absolute Gasteiger partial charge is 0.485 e. The van der Waals surface area contributed by atoms with Crippen LogP contribution in [-0.4, -0.2) is 21.1 Å². The molecule has 0 bridgehead atoms. The summed E-state index contributed by atoms with van der Waals surface area (Å²) < 4.78 is 6.71. The highest BCUT2D eigenvalue weighted by atomic mass is 16.5. The quantitative estimate of drug-likeness (QED) is 0.164.